The Labute approximate surface area is 162 Å². The molecule has 1 aliphatic rings. The van der Waals surface area contributed by atoms with Crippen molar-refractivity contribution in [2.24, 2.45) is 0 Å². The van der Waals surface area contributed by atoms with Crippen LogP contribution in [0.1, 0.15) is 18.4 Å². The van der Waals surface area contributed by atoms with E-state index in [0.717, 1.165) is 16.7 Å². The highest BCUT2D eigenvalue weighted by atomic mass is 35.5. The van der Waals surface area contributed by atoms with Crippen LogP contribution in [0, 0.1) is 0 Å². The van der Waals surface area contributed by atoms with Crippen LogP contribution in [0.4, 0.5) is 0 Å². The van der Waals surface area contributed by atoms with Gasteiger partial charge in [-0.1, -0.05) is 53.2 Å². The van der Waals surface area contributed by atoms with Crippen LogP contribution in [0.5, 0.6) is 0 Å². The summed E-state index contributed by atoms with van der Waals surface area (Å²) in [6.45, 7) is 0. The third-order valence-electron chi connectivity index (χ3n) is 3.33. The highest BCUT2D eigenvalue weighted by Gasteiger charge is 2.40. The van der Waals surface area contributed by atoms with Crippen LogP contribution >= 0.6 is 47.2 Å². The molecule has 2 rings (SSSR count). The maximum atomic E-state index is 12.6. The second-order valence-corrected chi connectivity index (χ2v) is 7.46. The molecule has 1 aromatic rings. The molecular weight excluding hydrogens is 409 g/mol. The number of carbonyl (C=O) groups is 3. The van der Waals surface area contributed by atoms with Gasteiger partial charge in [-0.15, -0.1) is 0 Å². The van der Waals surface area contributed by atoms with Crippen molar-refractivity contribution in [3.05, 3.63) is 38.7 Å². The van der Waals surface area contributed by atoms with E-state index in [2.05, 4.69) is 0 Å². The van der Waals surface area contributed by atoms with Gasteiger partial charge < -0.3 is 10.2 Å². The lowest BCUT2D eigenvalue weighted by molar-refractivity contribution is -0.146. The van der Waals surface area contributed by atoms with Gasteiger partial charge in [-0.05, 0) is 24.6 Å². The van der Waals surface area contributed by atoms with Crippen molar-refractivity contribution in [2.45, 2.75) is 18.9 Å². The van der Waals surface area contributed by atoms with Gasteiger partial charge in [0.25, 0.3) is 5.91 Å². The third-order valence-corrected chi connectivity index (χ3v) is 5.32. The summed E-state index contributed by atoms with van der Waals surface area (Å²) in [6.07, 6.45) is 0.792. The minimum absolute atomic E-state index is 0.0391. The summed E-state index contributed by atoms with van der Waals surface area (Å²) >= 11 is 18.2. The minimum atomic E-state index is -1.35. The molecule has 1 amide bonds. The predicted octanol–water partition coefficient (Wildman–Crippen LogP) is 3.51. The first-order valence-electron chi connectivity index (χ1n) is 6.88. The number of rotatable bonds is 6. The largest absolute Gasteiger partial charge is 0.481 e. The van der Waals surface area contributed by atoms with E-state index in [4.69, 9.17) is 40.5 Å². The Morgan fingerprint density at radius 2 is 1.88 bits per heavy atom. The van der Waals surface area contributed by atoms with Gasteiger partial charge in [0.1, 0.15) is 10.4 Å². The molecule has 0 aromatic heterocycles. The fourth-order valence-electron chi connectivity index (χ4n) is 2.15. The monoisotopic (exact) mass is 419 g/mol. The molecule has 25 heavy (non-hydrogen) atoms. The van der Waals surface area contributed by atoms with Gasteiger partial charge >= 0.3 is 11.9 Å². The van der Waals surface area contributed by atoms with E-state index >= 15 is 0 Å². The highest BCUT2D eigenvalue weighted by Crippen LogP contribution is 2.37. The summed E-state index contributed by atoms with van der Waals surface area (Å²) in [5.41, 5.74) is 0.420. The van der Waals surface area contributed by atoms with Gasteiger partial charge in [0, 0.05) is 22.0 Å². The lowest BCUT2D eigenvalue weighted by Crippen LogP contribution is -2.44. The first kappa shape index (κ1) is 19.7. The molecule has 0 saturated carbocycles. The zero-order valence-corrected chi connectivity index (χ0v) is 15.6. The maximum Gasteiger partial charge on any atom is 0.326 e. The first-order valence-corrected chi connectivity index (χ1v) is 8.86. The number of aliphatic carboxylic acids is 2. The minimum Gasteiger partial charge on any atom is -0.481 e. The highest BCUT2D eigenvalue weighted by molar-refractivity contribution is 8.26. The fourth-order valence-corrected chi connectivity index (χ4v) is 4.00. The second kappa shape index (κ2) is 8.18. The van der Waals surface area contributed by atoms with Crippen LogP contribution in [0.15, 0.2) is 23.1 Å². The van der Waals surface area contributed by atoms with Gasteiger partial charge in [-0.2, -0.15) is 0 Å². The number of amides is 1. The number of hydrogen-bond donors (Lipinski definition) is 2. The average molecular weight is 420 g/mol. The number of hydrogen-bond acceptors (Lipinski definition) is 5. The molecule has 1 atom stereocenters. The molecule has 10 heteroatoms. The predicted molar refractivity (Wildman–Crippen MR) is 99.8 cm³/mol. The summed E-state index contributed by atoms with van der Waals surface area (Å²) < 4.78 is 0.0391. The van der Waals surface area contributed by atoms with E-state index in [0.29, 0.717) is 15.6 Å². The maximum absolute atomic E-state index is 12.6. The molecule has 132 valence electrons. The van der Waals surface area contributed by atoms with Crippen molar-refractivity contribution in [1.82, 2.24) is 4.90 Å². The van der Waals surface area contributed by atoms with Crippen LogP contribution in [0.2, 0.25) is 10.0 Å². The van der Waals surface area contributed by atoms with E-state index < -0.39 is 30.3 Å². The molecule has 6 nitrogen and oxygen atoms in total. The smallest absolute Gasteiger partial charge is 0.326 e. The number of carboxylic acid groups (broad SMARTS) is 2. The quantitative estimate of drug-likeness (QED) is 0.537. The zero-order chi connectivity index (χ0) is 18.7. The summed E-state index contributed by atoms with van der Waals surface area (Å²) in [4.78, 5) is 35.8. The zero-order valence-electron chi connectivity index (χ0n) is 12.4. The fraction of sp³-hybridized carbons (Fsp3) is 0.200. The molecule has 1 aromatic carbocycles. The SMILES string of the molecule is O=C(O)CCC(C(=O)O)N1C(=O)/C(=C\c2c(Cl)cccc2Cl)SC1=S. The van der Waals surface area contributed by atoms with Gasteiger partial charge in [0.15, 0.2) is 0 Å². The Hall–Kier alpha value is -1.61. The average Bonchev–Trinajstić information content (AvgIpc) is 2.78. The molecule has 0 spiro atoms. The molecular formula is C15H11Cl2NO5S2. The number of thiocarbonyl (C=S) groups is 1. The Bertz CT molecular complexity index is 776. The summed E-state index contributed by atoms with van der Waals surface area (Å²) in [5, 5.41) is 18.7. The van der Waals surface area contributed by atoms with E-state index in [-0.39, 0.29) is 15.6 Å². The lowest BCUT2D eigenvalue weighted by Gasteiger charge is -2.22. The summed E-state index contributed by atoms with van der Waals surface area (Å²) in [6, 6.07) is 3.51. The molecule has 0 bridgehead atoms. The van der Waals surface area contributed by atoms with Crippen LogP contribution in [-0.4, -0.2) is 43.3 Å². The molecule has 1 heterocycles. The van der Waals surface area contributed by atoms with Crippen LogP contribution in [0.25, 0.3) is 6.08 Å². The first-order chi connectivity index (χ1) is 11.7. The van der Waals surface area contributed by atoms with Crippen LogP contribution in [-0.2, 0) is 14.4 Å². The molecule has 1 fully saturated rings. The normalized spacial score (nSPS) is 17.2. The summed E-state index contributed by atoms with van der Waals surface area (Å²) in [5.74, 6) is -3.10. The van der Waals surface area contributed by atoms with Crippen molar-refractivity contribution >= 4 is 75.4 Å². The van der Waals surface area contributed by atoms with Crippen molar-refractivity contribution in [3.8, 4) is 0 Å². The van der Waals surface area contributed by atoms with Crippen molar-refractivity contribution in [2.75, 3.05) is 0 Å². The topological polar surface area (TPSA) is 94.9 Å². The van der Waals surface area contributed by atoms with Gasteiger partial charge in [-0.3, -0.25) is 14.5 Å². The number of benzene rings is 1. The second-order valence-electron chi connectivity index (χ2n) is 4.97. The molecule has 2 N–H and O–H groups in total. The Kier molecular flexibility index (Phi) is 6.45. The number of nitrogens with zero attached hydrogens (tertiary/aromatic N) is 1. The molecule has 0 aliphatic carbocycles. The summed E-state index contributed by atoms with van der Waals surface area (Å²) in [7, 11) is 0. The van der Waals surface area contributed by atoms with Crippen LogP contribution in [0.3, 0.4) is 0 Å². The van der Waals surface area contributed by atoms with E-state index in [1.54, 1.807) is 18.2 Å². The Balaban J connectivity index is 2.34. The number of carbonyl (C=O) groups excluding carboxylic acids is 1. The van der Waals surface area contributed by atoms with Gasteiger partial charge in [0.05, 0.1) is 4.91 Å². The third kappa shape index (κ3) is 4.52. The number of thioether (sulfide) groups is 1. The van der Waals surface area contributed by atoms with Crippen molar-refractivity contribution in [1.29, 1.82) is 0 Å². The molecule has 1 saturated heterocycles. The van der Waals surface area contributed by atoms with Crippen LogP contribution < -0.4 is 0 Å². The van der Waals surface area contributed by atoms with Crippen molar-refractivity contribution < 1.29 is 24.6 Å². The molecule has 0 radical (unpaired) electrons. The van der Waals surface area contributed by atoms with E-state index in [1.165, 1.54) is 6.08 Å². The number of halogens is 2. The van der Waals surface area contributed by atoms with Gasteiger partial charge in [-0.25, -0.2) is 4.79 Å². The van der Waals surface area contributed by atoms with Gasteiger partial charge in [0.2, 0.25) is 0 Å². The molecule has 1 aliphatic heterocycles. The lowest BCUT2D eigenvalue weighted by atomic mass is 10.1. The standard InChI is InChI=1S/C15H11Cl2NO5S2/c16-8-2-1-3-9(17)7(8)6-11-13(21)18(15(24)25-11)10(14(22)23)4-5-12(19)20/h1-3,6,10H,4-5H2,(H,19,20)(H,22,23)/b11-6+. The van der Waals surface area contributed by atoms with E-state index in [1.807, 2.05) is 0 Å². The van der Waals surface area contributed by atoms with Crippen molar-refractivity contribution in [3.63, 3.8) is 0 Å². The molecule has 1 unspecified atom stereocenters. The van der Waals surface area contributed by atoms with E-state index in [9.17, 15) is 19.5 Å². The Morgan fingerprint density at radius 3 is 2.40 bits per heavy atom. The number of carboxylic acids is 2. The Morgan fingerprint density at radius 1 is 1.28 bits per heavy atom.